The second-order valence-electron chi connectivity index (χ2n) is 6.11. The fourth-order valence-electron chi connectivity index (χ4n) is 3.90. The zero-order valence-corrected chi connectivity index (χ0v) is 16.3. The Morgan fingerprint density at radius 3 is 2.08 bits per heavy atom. The van der Waals surface area contributed by atoms with Crippen LogP contribution in [0.4, 0.5) is 0 Å². The van der Waals surface area contributed by atoms with Gasteiger partial charge in [-0.25, -0.2) is 0 Å². The summed E-state index contributed by atoms with van der Waals surface area (Å²) < 4.78 is 28.0. The Balaban J connectivity index is 0.00000169. The van der Waals surface area contributed by atoms with E-state index in [0.29, 0.717) is 0 Å². The summed E-state index contributed by atoms with van der Waals surface area (Å²) in [5.74, 6) is 0. The molecule has 0 saturated heterocycles. The number of rotatable bonds is 3. The molecular weight excluding hydrogens is 437 g/mol. The smallest absolute Gasteiger partial charge is 0.302 e. The highest BCUT2D eigenvalue weighted by Crippen LogP contribution is 2.38. The number of hydrogen-bond acceptors (Lipinski definition) is 2. The molecule has 0 amide bonds. The maximum atomic E-state index is 11.2. The molecule has 1 N–H and O–H groups in total. The summed E-state index contributed by atoms with van der Waals surface area (Å²) in [7, 11) is 0. The van der Waals surface area contributed by atoms with Gasteiger partial charge < -0.3 is 4.57 Å². The van der Waals surface area contributed by atoms with E-state index in [1.54, 1.807) is 0 Å². The summed E-state index contributed by atoms with van der Waals surface area (Å²) in [6.45, 7) is 0. The lowest BCUT2D eigenvalue weighted by atomic mass is 9.92. The molecule has 1 fully saturated rings. The predicted molar refractivity (Wildman–Crippen MR) is 108 cm³/mol. The average Bonchev–Trinajstić information content (AvgIpc) is 2.90. The molecule has 0 aliphatic heterocycles. The Morgan fingerprint density at radius 1 is 0.958 bits per heavy atom. The molecular formula is C18H20INO3S. The van der Waals surface area contributed by atoms with E-state index in [4.69, 9.17) is 4.18 Å². The Morgan fingerprint density at radius 2 is 1.50 bits per heavy atom. The topological polar surface area (TPSA) is 51.5 Å². The summed E-state index contributed by atoms with van der Waals surface area (Å²) in [5.41, 5.74) is 2.33. The quantitative estimate of drug-likeness (QED) is 0.443. The third kappa shape index (κ3) is 3.12. The van der Waals surface area contributed by atoms with Crippen LogP contribution in [0.25, 0.3) is 21.8 Å². The molecule has 0 radical (unpaired) electrons. The molecule has 1 heterocycles. The molecule has 1 aliphatic rings. The van der Waals surface area contributed by atoms with Crippen LogP contribution >= 0.6 is 24.0 Å². The van der Waals surface area contributed by atoms with Crippen molar-refractivity contribution in [2.45, 2.75) is 37.8 Å². The highest BCUT2D eigenvalue weighted by Gasteiger charge is 2.31. The van der Waals surface area contributed by atoms with E-state index >= 15 is 0 Å². The minimum absolute atomic E-state index is 0. The van der Waals surface area contributed by atoms with Gasteiger partial charge in [0.15, 0.2) is 0 Å². The molecule has 2 aromatic carbocycles. The maximum Gasteiger partial charge on any atom is 0.302 e. The van der Waals surface area contributed by atoms with Crippen molar-refractivity contribution in [2.75, 3.05) is 0 Å². The summed E-state index contributed by atoms with van der Waals surface area (Å²) in [6, 6.07) is 16.8. The third-order valence-electron chi connectivity index (χ3n) is 4.82. The van der Waals surface area contributed by atoms with Gasteiger partial charge >= 0.3 is 11.4 Å². The molecule has 4 nitrogen and oxygen atoms in total. The van der Waals surface area contributed by atoms with Crippen LogP contribution in [0.2, 0.25) is 0 Å². The van der Waals surface area contributed by atoms with E-state index in [0.717, 1.165) is 36.7 Å². The Kier molecular flexibility index (Phi) is 5.59. The first-order valence-corrected chi connectivity index (χ1v) is 9.04. The van der Waals surface area contributed by atoms with Crippen LogP contribution in [0.5, 0.6) is 0 Å². The van der Waals surface area contributed by atoms with Gasteiger partial charge in [-0.05, 0) is 25.0 Å². The molecule has 3 aromatic rings. The third-order valence-corrected chi connectivity index (χ3v) is 5.23. The Hall–Kier alpha value is -0.960. The number of fused-ring (bicyclic) bond motifs is 3. The zero-order chi connectivity index (χ0) is 15.8. The molecule has 24 heavy (non-hydrogen) atoms. The second-order valence-corrected chi connectivity index (χ2v) is 6.73. The monoisotopic (exact) mass is 457 g/mol. The van der Waals surface area contributed by atoms with Crippen LogP contribution < -0.4 is 0 Å². The first kappa shape index (κ1) is 17.8. The van der Waals surface area contributed by atoms with Crippen LogP contribution in [0, 0.1) is 0 Å². The van der Waals surface area contributed by atoms with E-state index in [2.05, 4.69) is 41.0 Å². The fraction of sp³-hybridized carbons (Fsp3) is 0.333. The number of nitrogens with zero attached hydrogens (tertiary/aromatic N) is 1. The molecule has 2 unspecified atom stereocenters. The normalized spacial score (nSPS) is 22.4. The van der Waals surface area contributed by atoms with Crippen molar-refractivity contribution in [2.24, 2.45) is 0 Å². The average molecular weight is 457 g/mol. The van der Waals surface area contributed by atoms with Crippen molar-refractivity contribution in [3.05, 3.63) is 48.5 Å². The van der Waals surface area contributed by atoms with Gasteiger partial charge in [0.1, 0.15) is 0 Å². The maximum absolute atomic E-state index is 11.2. The number of halogens is 1. The number of aromatic nitrogens is 1. The first-order chi connectivity index (χ1) is 11.3. The Bertz CT molecular complexity index is 826. The van der Waals surface area contributed by atoms with Gasteiger partial charge in [-0.15, -0.1) is 24.0 Å². The van der Waals surface area contributed by atoms with E-state index in [-0.39, 0.29) is 36.1 Å². The van der Waals surface area contributed by atoms with E-state index in [1.807, 2.05) is 12.1 Å². The van der Waals surface area contributed by atoms with Gasteiger partial charge in [0.2, 0.25) is 0 Å². The van der Waals surface area contributed by atoms with Gasteiger partial charge in [-0.3, -0.25) is 8.74 Å². The van der Waals surface area contributed by atoms with Crippen LogP contribution in [0.1, 0.15) is 31.7 Å². The van der Waals surface area contributed by atoms with Crippen molar-refractivity contribution in [1.29, 1.82) is 0 Å². The number of benzene rings is 2. The van der Waals surface area contributed by atoms with Crippen molar-refractivity contribution >= 4 is 57.1 Å². The molecule has 3 atom stereocenters. The van der Waals surface area contributed by atoms with Crippen LogP contribution in [0.15, 0.2) is 48.5 Å². The highest BCUT2D eigenvalue weighted by molar-refractivity contribution is 14.0. The lowest BCUT2D eigenvalue weighted by molar-refractivity contribution is 0.106. The molecule has 128 valence electrons. The predicted octanol–water partition coefficient (Wildman–Crippen LogP) is 5.05. The van der Waals surface area contributed by atoms with E-state index < -0.39 is 11.4 Å². The van der Waals surface area contributed by atoms with Crippen LogP contribution in [0.3, 0.4) is 0 Å². The Labute approximate surface area is 160 Å². The summed E-state index contributed by atoms with van der Waals surface area (Å²) in [6.07, 6.45) is 3.70. The minimum atomic E-state index is -2.23. The van der Waals surface area contributed by atoms with E-state index in [9.17, 15) is 8.76 Å². The number of hydrogen-bond donors (Lipinski definition) is 1. The molecule has 1 saturated carbocycles. The lowest BCUT2D eigenvalue weighted by Crippen LogP contribution is -2.30. The fourth-order valence-corrected chi connectivity index (χ4v) is 4.34. The molecule has 4 rings (SSSR count). The van der Waals surface area contributed by atoms with E-state index in [1.165, 1.54) is 10.8 Å². The zero-order valence-electron chi connectivity index (χ0n) is 13.1. The molecule has 0 bridgehead atoms. The van der Waals surface area contributed by atoms with Crippen molar-refractivity contribution in [3.8, 4) is 0 Å². The highest BCUT2D eigenvalue weighted by atomic mass is 127. The van der Waals surface area contributed by atoms with Gasteiger partial charge in [0.25, 0.3) is 0 Å². The first-order valence-electron chi connectivity index (χ1n) is 8.01. The lowest BCUT2D eigenvalue weighted by Gasteiger charge is -2.32. The SMILES string of the molecule is I.O=S(O)O[C@@H]1CCCCC1n1c2ccccc2c2ccccc21. The van der Waals surface area contributed by atoms with Crippen molar-refractivity contribution in [3.63, 3.8) is 0 Å². The largest absolute Gasteiger partial charge is 0.335 e. The summed E-state index contributed by atoms with van der Waals surface area (Å²) >= 11 is -2.23. The van der Waals surface area contributed by atoms with Gasteiger partial charge in [0.05, 0.1) is 12.1 Å². The molecule has 6 heteroatoms. The van der Waals surface area contributed by atoms with Crippen LogP contribution in [-0.2, 0) is 15.5 Å². The van der Waals surface area contributed by atoms with Gasteiger partial charge in [-0.1, -0.05) is 49.2 Å². The number of para-hydroxylation sites is 2. The van der Waals surface area contributed by atoms with Crippen molar-refractivity contribution in [1.82, 2.24) is 4.57 Å². The summed E-state index contributed by atoms with van der Waals surface area (Å²) in [5, 5.41) is 2.44. The molecule has 1 aromatic heterocycles. The van der Waals surface area contributed by atoms with Crippen molar-refractivity contribution < 1.29 is 12.9 Å². The molecule has 0 spiro atoms. The van der Waals surface area contributed by atoms with Gasteiger partial charge in [0, 0.05) is 21.8 Å². The minimum Gasteiger partial charge on any atom is -0.335 e. The standard InChI is InChI=1S/C18H19NO3S.HI/c20-23(21)22-18-12-6-5-11-17(18)19-15-9-3-1-7-13(15)14-8-2-4-10-16(14)19;/h1-4,7-10,17-18H,5-6,11-12H2,(H,20,21);1H/t17?,18-;/m1./s1. The summed E-state index contributed by atoms with van der Waals surface area (Å²) in [4.78, 5) is 0. The van der Waals surface area contributed by atoms with Crippen LogP contribution in [-0.4, -0.2) is 19.4 Å². The second kappa shape index (κ2) is 7.51. The molecule has 1 aliphatic carbocycles. The van der Waals surface area contributed by atoms with Gasteiger partial charge in [-0.2, -0.15) is 4.21 Å².